The lowest BCUT2D eigenvalue weighted by Crippen LogP contribution is -2.43. The lowest BCUT2D eigenvalue weighted by molar-refractivity contribution is -0.119. The zero-order chi connectivity index (χ0) is 36.3. The third-order valence-corrected chi connectivity index (χ3v) is 14.5. The van der Waals surface area contributed by atoms with Crippen molar-refractivity contribution in [3.63, 3.8) is 0 Å². The van der Waals surface area contributed by atoms with Gasteiger partial charge in [-0.3, -0.25) is 4.79 Å². The van der Waals surface area contributed by atoms with Crippen LogP contribution in [0.15, 0.2) is 69.1 Å². The Morgan fingerprint density at radius 3 is 2.64 bits per heavy atom. The highest BCUT2D eigenvalue weighted by Gasteiger charge is 2.41. The molecule has 50 heavy (non-hydrogen) atoms. The van der Waals surface area contributed by atoms with Crippen LogP contribution >= 0.6 is 11.3 Å². The Morgan fingerprint density at radius 2 is 1.92 bits per heavy atom. The van der Waals surface area contributed by atoms with Gasteiger partial charge in [0.15, 0.2) is 0 Å². The maximum Gasteiger partial charge on any atom is 0.273 e. The SMILES string of the molecule is CCN[C@@H]1CN(CCCOC)S(=O)(=O)c2sc(S(=O)(=O)NC(=O)CCC/C=C\C[C@@H]3[C@@H](/C=C/[C@@H](O)CCc4ccccc4)[C@H](O)C[C@@H]3O)cc21. The Labute approximate surface area is 300 Å². The first-order chi connectivity index (χ1) is 23.9. The van der Waals surface area contributed by atoms with Crippen molar-refractivity contribution >= 4 is 37.3 Å². The number of benzene rings is 1. The number of thiophene rings is 1. The normalized spacial score (nSPS) is 24.5. The Balaban J connectivity index is 1.26. The molecule has 12 nitrogen and oxygen atoms in total. The van der Waals surface area contributed by atoms with Gasteiger partial charge in [-0.15, -0.1) is 11.3 Å². The van der Waals surface area contributed by atoms with Gasteiger partial charge >= 0.3 is 0 Å². The molecule has 1 aliphatic carbocycles. The molecule has 1 amide bonds. The van der Waals surface area contributed by atoms with Gasteiger partial charge in [0.05, 0.1) is 18.3 Å². The first-order valence-corrected chi connectivity index (χ1v) is 20.9. The summed E-state index contributed by atoms with van der Waals surface area (Å²) in [6, 6.07) is 10.8. The molecule has 1 aliphatic heterocycles. The Morgan fingerprint density at radius 1 is 1.16 bits per heavy atom. The number of fused-ring (bicyclic) bond motifs is 1. The monoisotopic (exact) mass is 753 g/mol. The number of aliphatic hydroxyl groups excluding tert-OH is 3. The number of nitrogens with one attached hydrogen (secondary N) is 2. The average molecular weight is 754 g/mol. The van der Waals surface area contributed by atoms with Crippen LogP contribution < -0.4 is 10.0 Å². The second-order valence-electron chi connectivity index (χ2n) is 12.8. The van der Waals surface area contributed by atoms with Crippen LogP contribution in [0, 0.1) is 11.8 Å². The van der Waals surface area contributed by atoms with Gasteiger partial charge < -0.3 is 25.4 Å². The number of rotatable bonds is 19. The van der Waals surface area contributed by atoms with E-state index in [2.05, 4.69) is 10.0 Å². The van der Waals surface area contributed by atoms with Crippen LogP contribution in [0.3, 0.4) is 0 Å². The molecular formula is C35H51N3O9S3. The fraction of sp³-hybridized carbons (Fsp3) is 0.571. The fourth-order valence-electron chi connectivity index (χ4n) is 6.50. The number of hydrogen-bond donors (Lipinski definition) is 5. The molecule has 0 radical (unpaired) electrons. The number of ether oxygens (including phenoxy) is 1. The predicted octanol–water partition coefficient (Wildman–Crippen LogP) is 3.27. The summed E-state index contributed by atoms with van der Waals surface area (Å²) >= 11 is 0.646. The van der Waals surface area contributed by atoms with E-state index in [9.17, 15) is 36.9 Å². The molecule has 0 unspecified atom stereocenters. The van der Waals surface area contributed by atoms with Gasteiger partial charge in [0.2, 0.25) is 5.91 Å². The number of hydrogen-bond acceptors (Lipinski definition) is 11. The summed E-state index contributed by atoms with van der Waals surface area (Å²) in [6.45, 7) is 3.24. The Hall–Kier alpha value is -2.47. The van der Waals surface area contributed by atoms with Crippen LogP contribution in [0.1, 0.15) is 69.0 Å². The highest BCUT2D eigenvalue weighted by molar-refractivity contribution is 7.94. The van der Waals surface area contributed by atoms with Crippen molar-refractivity contribution in [3.8, 4) is 0 Å². The summed E-state index contributed by atoms with van der Waals surface area (Å²) in [5.74, 6) is -1.22. The van der Waals surface area contributed by atoms with Gasteiger partial charge in [0.25, 0.3) is 20.0 Å². The van der Waals surface area contributed by atoms with Crippen LogP contribution in [0.5, 0.6) is 0 Å². The minimum atomic E-state index is -4.29. The minimum absolute atomic E-state index is 0.0399. The van der Waals surface area contributed by atoms with Crippen LogP contribution in [-0.2, 0) is 36.0 Å². The predicted molar refractivity (Wildman–Crippen MR) is 192 cm³/mol. The maximum absolute atomic E-state index is 13.3. The van der Waals surface area contributed by atoms with Crippen LogP contribution in [-0.4, -0.2) is 94.0 Å². The van der Waals surface area contributed by atoms with Gasteiger partial charge in [-0.25, -0.2) is 21.6 Å². The molecule has 1 aromatic heterocycles. The van der Waals surface area contributed by atoms with E-state index in [0.29, 0.717) is 62.2 Å². The Kier molecular flexibility index (Phi) is 15.2. The number of carbonyl (C=O) groups is 1. The minimum Gasteiger partial charge on any atom is -0.393 e. The van der Waals surface area contributed by atoms with Crippen molar-refractivity contribution in [2.75, 3.05) is 33.4 Å². The lowest BCUT2D eigenvalue weighted by atomic mass is 9.89. The molecule has 0 bridgehead atoms. The van der Waals surface area contributed by atoms with Crippen molar-refractivity contribution in [1.29, 1.82) is 0 Å². The second kappa shape index (κ2) is 18.9. The zero-order valence-corrected chi connectivity index (χ0v) is 31.1. The molecule has 5 N–H and O–H groups in total. The van der Waals surface area contributed by atoms with Crippen molar-refractivity contribution in [2.45, 2.75) is 91.1 Å². The second-order valence-corrected chi connectivity index (χ2v) is 17.9. The van der Waals surface area contributed by atoms with Gasteiger partial charge in [-0.05, 0) is 62.6 Å². The fourth-order valence-corrected chi connectivity index (χ4v) is 11.4. The zero-order valence-electron chi connectivity index (χ0n) is 28.7. The van der Waals surface area contributed by atoms with Crippen LogP contribution in [0.25, 0.3) is 0 Å². The number of aliphatic hydroxyl groups is 3. The molecule has 278 valence electrons. The van der Waals surface area contributed by atoms with E-state index >= 15 is 0 Å². The first kappa shape index (κ1) is 40.3. The number of unbranched alkanes of at least 4 members (excludes halogenated alkanes) is 1. The highest BCUT2D eigenvalue weighted by Crippen LogP contribution is 2.40. The number of nitrogens with zero attached hydrogens (tertiary/aromatic N) is 1. The summed E-state index contributed by atoms with van der Waals surface area (Å²) < 4.78 is 61.2. The smallest absolute Gasteiger partial charge is 0.273 e. The first-order valence-electron chi connectivity index (χ1n) is 17.2. The summed E-state index contributed by atoms with van der Waals surface area (Å²) in [5.41, 5.74) is 1.52. The summed E-state index contributed by atoms with van der Waals surface area (Å²) in [4.78, 5) is 12.6. The quantitative estimate of drug-likeness (QED) is 0.106. The van der Waals surface area contributed by atoms with Crippen LogP contribution in [0.2, 0.25) is 0 Å². The molecule has 1 saturated carbocycles. The summed E-state index contributed by atoms with van der Waals surface area (Å²) in [7, 11) is -6.67. The molecule has 2 heterocycles. The standard InChI is InChI=1S/C35H51N3O9S3/c1-3-36-30-24-38(20-11-21-47-2)50(45,46)35-29(30)22-34(48-35)49(43,44)37-33(42)15-10-5-4-9-14-27-28(32(41)23-31(27)40)19-18-26(39)17-16-25-12-7-6-8-13-25/h4,6-9,12-13,18-19,22,26-28,30-32,36,39-41H,3,5,10-11,14-17,20-21,23-24H2,1-2H3,(H,37,42)/b9-4-,19-18+/t26-,27+,28+,30+,31-,32+/m0/s1. The number of allylic oxidation sites excluding steroid dienone is 2. The number of methoxy groups -OCH3 is 1. The van der Waals surface area contributed by atoms with Crippen molar-refractivity contribution < 1.29 is 41.7 Å². The van der Waals surface area contributed by atoms with Gasteiger partial charge in [0, 0.05) is 57.2 Å². The van der Waals surface area contributed by atoms with Gasteiger partial charge in [-0.1, -0.05) is 61.6 Å². The summed E-state index contributed by atoms with van der Waals surface area (Å²) in [6.07, 6.45) is 8.52. The molecule has 2 aliphatic rings. The highest BCUT2D eigenvalue weighted by atomic mass is 32.3. The largest absolute Gasteiger partial charge is 0.393 e. The van der Waals surface area contributed by atoms with E-state index in [4.69, 9.17) is 4.74 Å². The summed E-state index contributed by atoms with van der Waals surface area (Å²) in [5, 5.41) is 34.8. The van der Waals surface area contributed by atoms with E-state index in [1.54, 1.807) is 19.3 Å². The topological polar surface area (TPSA) is 183 Å². The third-order valence-electron chi connectivity index (χ3n) is 9.15. The molecule has 2 aromatic rings. The maximum atomic E-state index is 13.3. The molecule has 0 spiro atoms. The lowest BCUT2D eigenvalue weighted by Gasteiger charge is -2.32. The van der Waals surface area contributed by atoms with E-state index in [1.165, 1.54) is 10.4 Å². The molecule has 4 rings (SSSR count). The van der Waals surface area contributed by atoms with Gasteiger partial charge in [0.1, 0.15) is 8.42 Å². The number of likely N-dealkylation sites (N-methyl/N-ethyl adjacent to an activating group) is 1. The molecule has 1 fully saturated rings. The molecular weight excluding hydrogens is 703 g/mol. The molecule has 1 aromatic carbocycles. The molecule has 6 atom stereocenters. The number of aryl methyl sites for hydroxylation is 1. The van der Waals surface area contributed by atoms with E-state index in [0.717, 1.165) is 12.0 Å². The van der Waals surface area contributed by atoms with Crippen molar-refractivity contribution in [1.82, 2.24) is 14.3 Å². The van der Waals surface area contributed by atoms with Crippen LogP contribution in [0.4, 0.5) is 0 Å². The third kappa shape index (κ3) is 10.8. The number of sulfonamides is 2. The van der Waals surface area contributed by atoms with Crippen molar-refractivity contribution in [3.05, 3.63) is 71.8 Å². The Bertz CT molecular complexity index is 1660. The van der Waals surface area contributed by atoms with E-state index in [1.807, 2.05) is 49.4 Å². The number of amides is 1. The van der Waals surface area contributed by atoms with E-state index in [-0.39, 0.29) is 52.2 Å². The number of carbonyl (C=O) groups excluding carboxylic acids is 1. The van der Waals surface area contributed by atoms with Gasteiger partial charge in [-0.2, -0.15) is 4.31 Å². The average Bonchev–Trinajstić information content (AvgIpc) is 3.65. The van der Waals surface area contributed by atoms with Crippen molar-refractivity contribution in [2.24, 2.45) is 11.8 Å². The molecule has 0 saturated heterocycles. The molecule has 15 heteroatoms. The van der Waals surface area contributed by atoms with E-state index < -0.39 is 44.3 Å².